The third-order valence-corrected chi connectivity index (χ3v) is 3.67. The molecule has 25 heavy (non-hydrogen) atoms. The zero-order valence-corrected chi connectivity index (χ0v) is 14.4. The molecule has 0 saturated carbocycles. The van der Waals surface area contributed by atoms with Gasteiger partial charge in [-0.05, 0) is 29.3 Å². The predicted octanol–water partition coefficient (Wildman–Crippen LogP) is 3.69. The first kappa shape index (κ1) is 18.7. The summed E-state index contributed by atoms with van der Waals surface area (Å²) in [6, 6.07) is 13.6. The number of likely N-dealkylation sites (N-methyl/N-ethyl adjacent to an activating group) is 1. The summed E-state index contributed by atoms with van der Waals surface area (Å²) in [5.74, 6) is -1.51. The molecule has 0 bridgehead atoms. The molecule has 1 amide bonds. The Bertz CT molecular complexity index is 777. The second-order valence-corrected chi connectivity index (χ2v) is 5.76. The Kier molecular flexibility index (Phi) is 6.71. The molecular weight excluding hydrogens is 345 g/mol. The van der Waals surface area contributed by atoms with Crippen LogP contribution in [-0.2, 0) is 20.9 Å². The minimum Gasteiger partial charge on any atom is -0.452 e. The number of carbonyl (C=O) groups is 2. The minimum atomic E-state index is -0.665. The first-order chi connectivity index (χ1) is 12.0. The highest BCUT2D eigenvalue weighted by molar-refractivity contribution is 6.30. The number of amides is 1. The monoisotopic (exact) mass is 361 g/mol. The van der Waals surface area contributed by atoms with E-state index in [0.717, 1.165) is 11.6 Å². The average Bonchev–Trinajstić information content (AvgIpc) is 2.61. The molecule has 0 saturated heterocycles. The van der Waals surface area contributed by atoms with Crippen LogP contribution in [0, 0.1) is 5.82 Å². The van der Waals surface area contributed by atoms with Gasteiger partial charge in [0.05, 0.1) is 5.02 Å². The minimum absolute atomic E-state index is 0.0340. The highest BCUT2D eigenvalue weighted by Crippen LogP contribution is 2.16. The predicted molar refractivity (Wildman–Crippen MR) is 94.3 cm³/mol. The van der Waals surface area contributed by atoms with E-state index >= 15 is 0 Å². The third kappa shape index (κ3) is 6.04. The maximum absolute atomic E-state index is 13.0. The van der Waals surface area contributed by atoms with E-state index in [2.05, 4.69) is 0 Å². The fraction of sp³-hybridized carbons (Fsp3) is 0.158. The van der Waals surface area contributed by atoms with Gasteiger partial charge in [-0.25, -0.2) is 9.18 Å². The van der Waals surface area contributed by atoms with Gasteiger partial charge in [-0.2, -0.15) is 0 Å². The van der Waals surface area contributed by atoms with E-state index in [0.29, 0.717) is 12.1 Å². The summed E-state index contributed by atoms with van der Waals surface area (Å²) in [5.41, 5.74) is 1.54. The lowest BCUT2D eigenvalue weighted by Gasteiger charge is -2.16. The van der Waals surface area contributed by atoms with E-state index < -0.39 is 11.8 Å². The van der Waals surface area contributed by atoms with Crippen molar-refractivity contribution in [3.63, 3.8) is 0 Å². The van der Waals surface area contributed by atoms with E-state index in [1.165, 1.54) is 29.2 Å². The quantitative estimate of drug-likeness (QED) is 0.582. The maximum atomic E-state index is 13.0. The van der Waals surface area contributed by atoms with Crippen molar-refractivity contribution >= 4 is 29.6 Å². The van der Waals surface area contributed by atoms with Crippen LogP contribution >= 0.6 is 11.6 Å². The summed E-state index contributed by atoms with van der Waals surface area (Å²) in [6.07, 6.45) is 2.60. The number of carbonyl (C=O) groups excluding carboxylic acids is 2. The van der Waals surface area contributed by atoms with Crippen LogP contribution in [0.3, 0.4) is 0 Å². The summed E-state index contributed by atoms with van der Waals surface area (Å²) in [5, 5.41) is -0.0340. The smallest absolute Gasteiger partial charge is 0.331 e. The fourth-order valence-corrected chi connectivity index (χ4v) is 2.21. The molecule has 0 aliphatic heterocycles. The van der Waals surface area contributed by atoms with Crippen molar-refractivity contribution < 1.29 is 18.7 Å². The first-order valence-corrected chi connectivity index (χ1v) is 7.91. The van der Waals surface area contributed by atoms with Gasteiger partial charge in [0.2, 0.25) is 0 Å². The van der Waals surface area contributed by atoms with Crippen molar-refractivity contribution in [3.8, 4) is 0 Å². The molecule has 0 fully saturated rings. The third-order valence-electron chi connectivity index (χ3n) is 3.38. The summed E-state index contributed by atoms with van der Waals surface area (Å²) >= 11 is 5.66. The van der Waals surface area contributed by atoms with E-state index in [1.54, 1.807) is 7.05 Å². The lowest BCUT2D eigenvalue weighted by Crippen LogP contribution is -2.30. The Morgan fingerprint density at radius 2 is 1.92 bits per heavy atom. The normalized spacial score (nSPS) is 10.7. The van der Waals surface area contributed by atoms with Crippen LogP contribution in [-0.4, -0.2) is 30.4 Å². The second-order valence-electron chi connectivity index (χ2n) is 5.35. The lowest BCUT2D eigenvalue weighted by atomic mass is 10.2. The summed E-state index contributed by atoms with van der Waals surface area (Å²) < 4.78 is 18.0. The molecule has 0 radical (unpaired) electrons. The van der Waals surface area contributed by atoms with Crippen LogP contribution in [0.15, 0.2) is 54.6 Å². The van der Waals surface area contributed by atoms with Crippen molar-refractivity contribution in [3.05, 3.63) is 76.6 Å². The van der Waals surface area contributed by atoms with E-state index in [4.69, 9.17) is 16.3 Å². The second kappa shape index (κ2) is 8.99. The summed E-state index contributed by atoms with van der Waals surface area (Å²) in [4.78, 5) is 25.1. The van der Waals surface area contributed by atoms with Crippen LogP contribution in [0.25, 0.3) is 6.08 Å². The Balaban J connectivity index is 1.81. The van der Waals surface area contributed by atoms with Gasteiger partial charge in [-0.1, -0.05) is 48.0 Å². The molecule has 0 atom stereocenters. The molecule has 0 heterocycles. The fourth-order valence-electron chi connectivity index (χ4n) is 2.02. The SMILES string of the molecule is CN(Cc1ccccc1)C(=O)COC(=O)/C=C/c1ccc(F)c(Cl)c1. The van der Waals surface area contributed by atoms with E-state index in [1.807, 2.05) is 30.3 Å². The Hall–Kier alpha value is -2.66. The van der Waals surface area contributed by atoms with Crippen LogP contribution in [0.4, 0.5) is 4.39 Å². The number of hydrogen-bond donors (Lipinski definition) is 0. The van der Waals surface area contributed by atoms with Gasteiger partial charge in [0.25, 0.3) is 5.91 Å². The number of halogens is 2. The van der Waals surface area contributed by atoms with Crippen molar-refractivity contribution in [2.24, 2.45) is 0 Å². The number of hydrogen-bond acceptors (Lipinski definition) is 3. The van der Waals surface area contributed by atoms with Crippen LogP contribution in [0.1, 0.15) is 11.1 Å². The van der Waals surface area contributed by atoms with Gasteiger partial charge in [-0.3, -0.25) is 4.79 Å². The number of ether oxygens (including phenoxy) is 1. The maximum Gasteiger partial charge on any atom is 0.331 e. The van der Waals surface area contributed by atoms with Crippen molar-refractivity contribution in [1.82, 2.24) is 4.90 Å². The molecule has 0 aliphatic rings. The number of rotatable bonds is 6. The Morgan fingerprint density at radius 3 is 2.60 bits per heavy atom. The number of benzene rings is 2. The molecule has 130 valence electrons. The molecule has 2 aromatic carbocycles. The molecular formula is C19H17ClFNO3. The Labute approximate surface area is 150 Å². The van der Waals surface area contributed by atoms with Crippen LogP contribution < -0.4 is 0 Å². The van der Waals surface area contributed by atoms with Gasteiger partial charge in [-0.15, -0.1) is 0 Å². The van der Waals surface area contributed by atoms with Crippen LogP contribution in [0.5, 0.6) is 0 Å². The lowest BCUT2D eigenvalue weighted by molar-refractivity contribution is -0.147. The zero-order chi connectivity index (χ0) is 18.2. The standard InChI is InChI=1S/C19H17ClFNO3/c1-22(12-15-5-3-2-4-6-15)18(23)13-25-19(24)10-8-14-7-9-17(21)16(20)11-14/h2-11H,12-13H2,1H3/b10-8+. The van der Waals surface area contributed by atoms with Crippen molar-refractivity contribution in [1.29, 1.82) is 0 Å². The van der Waals surface area contributed by atoms with Gasteiger partial charge in [0.1, 0.15) is 5.82 Å². The highest BCUT2D eigenvalue weighted by Gasteiger charge is 2.11. The van der Waals surface area contributed by atoms with Crippen molar-refractivity contribution in [2.45, 2.75) is 6.54 Å². The number of esters is 1. The van der Waals surface area contributed by atoms with Gasteiger partial charge >= 0.3 is 5.97 Å². The van der Waals surface area contributed by atoms with Crippen LogP contribution in [0.2, 0.25) is 5.02 Å². The summed E-state index contributed by atoms with van der Waals surface area (Å²) in [6.45, 7) is 0.0812. The molecule has 0 aromatic heterocycles. The summed E-state index contributed by atoms with van der Waals surface area (Å²) in [7, 11) is 1.64. The van der Waals surface area contributed by atoms with Gasteiger partial charge < -0.3 is 9.64 Å². The zero-order valence-electron chi connectivity index (χ0n) is 13.6. The molecule has 6 heteroatoms. The average molecular weight is 362 g/mol. The Morgan fingerprint density at radius 1 is 1.20 bits per heavy atom. The van der Waals surface area contributed by atoms with E-state index in [9.17, 15) is 14.0 Å². The molecule has 0 aliphatic carbocycles. The highest BCUT2D eigenvalue weighted by atomic mass is 35.5. The molecule has 0 spiro atoms. The molecule has 2 rings (SSSR count). The molecule has 2 aromatic rings. The van der Waals surface area contributed by atoms with E-state index in [-0.39, 0.29) is 17.5 Å². The molecule has 0 unspecified atom stereocenters. The number of nitrogens with zero attached hydrogens (tertiary/aromatic N) is 1. The first-order valence-electron chi connectivity index (χ1n) is 7.53. The topological polar surface area (TPSA) is 46.6 Å². The largest absolute Gasteiger partial charge is 0.452 e. The molecule has 4 nitrogen and oxygen atoms in total. The van der Waals surface area contributed by atoms with Gasteiger partial charge in [0.15, 0.2) is 6.61 Å². The molecule has 0 N–H and O–H groups in total. The van der Waals surface area contributed by atoms with Gasteiger partial charge in [0, 0.05) is 19.7 Å². The van der Waals surface area contributed by atoms with Crippen molar-refractivity contribution in [2.75, 3.05) is 13.7 Å².